The number of benzene rings is 3. The third-order valence-corrected chi connectivity index (χ3v) is 4.49. The first-order valence-corrected chi connectivity index (χ1v) is 10.0. The van der Waals surface area contributed by atoms with E-state index in [0.29, 0.717) is 36.0 Å². The van der Waals surface area contributed by atoms with Crippen molar-refractivity contribution >= 4 is 12.1 Å². The van der Waals surface area contributed by atoms with E-state index in [1.54, 1.807) is 37.6 Å². The third kappa shape index (κ3) is 6.34. The minimum atomic E-state index is -0.321. The Labute approximate surface area is 182 Å². The average Bonchev–Trinajstić information content (AvgIpc) is 2.80. The van der Waals surface area contributed by atoms with Gasteiger partial charge in [0, 0.05) is 5.56 Å². The number of hydrogen-bond donors (Lipinski definition) is 1. The van der Waals surface area contributed by atoms with E-state index >= 15 is 0 Å². The Hall–Kier alpha value is -3.80. The zero-order valence-electron chi connectivity index (χ0n) is 17.9. The van der Waals surface area contributed by atoms with Crippen molar-refractivity contribution in [1.82, 2.24) is 5.43 Å². The third-order valence-electron chi connectivity index (χ3n) is 4.49. The van der Waals surface area contributed by atoms with E-state index in [4.69, 9.17) is 14.2 Å². The maximum atomic E-state index is 12.2. The highest BCUT2D eigenvalue weighted by Gasteiger charge is 2.08. The first-order chi connectivity index (χ1) is 15.1. The lowest BCUT2D eigenvalue weighted by molar-refractivity contribution is 0.0955. The van der Waals surface area contributed by atoms with Crippen LogP contribution in [-0.2, 0) is 6.61 Å². The molecule has 0 aromatic heterocycles. The van der Waals surface area contributed by atoms with Gasteiger partial charge in [0.15, 0.2) is 11.5 Å². The molecule has 0 spiro atoms. The van der Waals surface area contributed by atoms with Gasteiger partial charge >= 0.3 is 0 Å². The molecule has 1 N–H and O–H groups in total. The molecule has 3 rings (SSSR count). The molecule has 0 saturated heterocycles. The molecular weight excluding hydrogens is 392 g/mol. The molecule has 0 aliphatic heterocycles. The largest absolute Gasteiger partial charge is 0.497 e. The van der Waals surface area contributed by atoms with Crippen LogP contribution in [0.15, 0.2) is 71.8 Å². The molecule has 0 heterocycles. The monoisotopic (exact) mass is 418 g/mol. The van der Waals surface area contributed by atoms with Gasteiger partial charge in [0.2, 0.25) is 0 Å². The zero-order chi connectivity index (χ0) is 22.1. The number of hydrogen-bond acceptors (Lipinski definition) is 5. The molecule has 31 heavy (non-hydrogen) atoms. The lowest BCUT2D eigenvalue weighted by Crippen LogP contribution is -2.17. The molecule has 3 aromatic rings. The van der Waals surface area contributed by atoms with Crippen molar-refractivity contribution in [3.8, 4) is 17.2 Å². The molecule has 0 bridgehead atoms. The maximum Gasteiger partial charge on any atom is 0.271 e. The van der Waals surface area contributed by atoms with E-state index in [2.05, 4.69) is 29.6 Å². The average molecular weight is 418 g/mol. The first kappa shape index (κ1) is 21.9. The Morgan fingerprint density at radius 2 is 1.81 bits per heavy atom. The second kappa shape index (κ2) is 10.8. The summed E-state index contributed by atoms with van der Waals surface area (Å²) >= 11 is 0. The molecule has 0 aliphatic carbocycles. The highest BCUT2D eigenvalue weighted by Crippen LogP contribution is 2.29. The predicted octanol–water partition coefficient (Wildman–Crippen LogP) is 4.75. The molecule has 3 aromatic carbocycles. The molecule has 0 saturated carbocycles. The number of carbonyl (C=O) groups excluding carboxylic acids is 1. The number of carbonyl (C=O) groups is 1. The van der Waals surface area contributed by atoms with Crippen LogP contribution in [0, 0.1) is 6.92 Å². The molecule has 0 fully saturated rings. The van der Waals surface area contributed by atoms with Crippen molar-refractivity contribution in [2.45, 2.75) is 20.5 Å². The number of nitrogens with one attached hydrogen (secondary N) is 1. The highest BCUT2D eigenvalue weighted by atomic mass is 16.5. The van der Waals surface area contributed by atoms with Crippen molar-refractivity contribution in [1.29, 1.82) is 0 Å². The standard InChI is InChI=1S/C25H26N2O4/c1-4-30-24-14-20(12-13-23(24)31-17-19-10-8-18(2)9-11-19)16-26-27-25(28)21-6-5-7-22(15-21)29-3/h5-16H,4,17H2,1-3H3,(H,27,28)/b26-16+. The van der Waals surface area contributed by atoms with Crippen LogP contribution in [-0.4, -0.2) is 25.8 Å². The number of nitrogens with zero attached hydrogens (tertiary/aromatic N) is 1. The number of hydrazone groups is 1. The van der Waals surface area contributed by atoms with Gasteiger partial charge < -0.3 is 14.2 Å². The van der Waals surface area contributed by atoms with Gasteiger partial charge in [-0.1, -0.05) is 35.9 Å². The van der Waals surface area contributed by atoms with Crippen molar-refractivity contribution in [3.05, 3.63) is 89.0 Å². The fourth-order valence-electron chi connectivity index (χ4n) is 2.83. The van der Waals surface area contributed by atoms with Crippen molar-refractivity contribution in [2.75, 3.05) is 13.7 Å². The molecule has 6 heteroatoms. The number of aryl methyl sites for hydroxylation is 1. The fraction of sp³-hybridized carbons (Fsp3) is 0.200. The summed E-state index contributed by atoms with van der Waals surface area (Å²) < 4.78 is 16.8. The van der Waals surface area contributed by atoms with Crippen molar-refractivity contribution in [3.63, 3.8) is 0 Å². The van der Waals surface area contributed by atoms with Gasteiger partial charge in [-0.3, -0.25) is 4.79 Å². The number of rotatable bonds is 9. The van der Waals surface area contributed by atoms with Gasteiger partial charge in [0.25, 0.3) is 5.91 Å². The number of methoxy groups -OCH3 is 1. The SMILES string of the molecule is CCOc1cc(/C=N/NC(=O)c2cccc(OC)c2)ccc1OCc1ccc(C)cc1. The summed E-state index contributed by atoms with van der Waals surface area (Å²) in [5.74, 6) is 1.56. The molecule has 160 valence electrons. The van der Waals surface area contributed by atoms with Gasteiger partial charge in [-0.2, -0.15) is 5.10 Å². The Kier molecular flexibility index (Phi) is 7.65. The van der Waals surface area contributed by atoms with Crippen LogP contribution in [0.5, 0.6) is 17.2 Å². The minimum Gasteiger partial charge on any atom is -0.497 e. The second-order valence-corrected chi connectivity index (χ2v) is 6.84. The van der Waals surface area contributed by atoms with Crippen molar-refractivity contribution < 1.29 is 19.0 Å². The molecule has 0 aliphatic rings. The van der Waals surface area contributed by atoms with Gasteiger partial charge in [-0.15, -0.1) is 0 Å². The number of amides is 1. The Morgan fingerprint density at radius 1 is 1.00 bits per heavy atom. The summed E-state index contributed by atoms with van der Waals surface area (Å²) in [4.78, 5) is 12.2. The lowest BCUT2D eigenvalue weighted by Gasteiger charge is -2.13. The summed E-state index contributed by atoms with van der Waals surface area (Å²) in [7, 11) is 1.55. The summed E-state index contributed by atoms with van der Waals surface area (Å²) in [6.45, 7) is 4.93. The Balaban J connectivity index is 1.65. The van der Waals surface area contributed by atoms with Crippen LogP contribution >= 0.6 is 0 Å². The summed E-state index contributed by atoms with van der Waals surface area (Å²) in [5.41, 5.74) is 6.05. The Morgan fingerprint density at radius 3 is 2.55 bits per heavy atom. The van der Waals surface area contributed by atoms with Crippen LogP contribution in [0.1, 0.15) is 34.0 Å². The zero-order valence-corrected chi connectivity index (χ0v) is 17.9. The smallest absolute Gasteiger partial charge is 0.271 e. The topological polar surface area (TPSA) is 69.2 Å². The van der Waals surface area contributed by atoms with Crippen LogP contribution in [0.25, 0.3) is 0 Å². The second-order valence-electron chi connectivity index (χ2n) is 6.84. The molecular formula is C25H26N2O4. The van der Waals surface area contributed by atoms with Crippen LogP contribution in [0.2, 0.25) is 0 Å². The Bertz CT molecular complexity index is 1050. The molecule has 0 atom stereocenters. The molecule has 1 amide bonds. The van der Waals surface area contributed by atoms with E-state index in [-0.39, 0.29) is 5.91 Å². The minimum absolute atomic E-state index is 0.321. The molecule has 6 nitrogen and oxygen atoms in total. The maximum absolute atomic E-state index is 12.2. The first-order valence-electron chi connectivity index (χ1n) is 10.0. The summed E-state index contributed by atoms with van der Waals surface area (Å²) in [5, 5.41) is 4.04. The molecule has 0 radical (unpaired) electrons. The van der Waals surface area contributed by atoms with E-state index < -0.39 is 0 Å². The van der Waals surface area contributed by atoms with Gasteiger partial charge in [0.05, 0.1) is 19.9 Å². The number of ether oxygens (including phenoxy) is 3. The van der Waals surface area contributed by atoms with E-state index in [1.165, 1.54) is 5.56 Å². The van der Waals surface area contributed by atoms with E-state index in [9.17, 15) is 4.79 Å². The normalized spacial score (nSPS) is 10.7. The predicted molar refractivity (Wildman–Crippen MR) is 121 cm³/mol. The van der Waals surface area contributed by atoms with Crippen molar-refractivity contribution in [2.24, 2.45) is 5.10 Å². The van der Waals surface area contributed by atoms with Gasteiger partial charge in [-0.05, 0) is 61.4 Å². The van der Waals surface area contributed by atoms with Crippen LogP contribution < -0.4 is 19.6 Å². The van der Waals surface area contributed by atoms with Gasteiger partial charge in [-0.25, -0.2) is 5.43 Å². The summed E-state index contributed by atoms with van der Waals surface area (Å²) in [6.07, 6.45) is 1.56. The van der Waals surface area contributed by atoms with Crippen LogP contribution in [0.3, 0.4) is 0 Å². The quantitative estimate of drug-likeness (QED) is 0.402. The van der Waals surface area contributed by atoms with Gasteiger partial charge in [0.1, 0.15) is 12.4 Å². The lowest BCUT2D eigenvalue weighted by atomic mass is 10.2. The molecule has 0 unspecified atom stereocenters. The van der Waals surface area contributed by atoms with E-state index in [1.807, 2.05) is 37.3 Å². The summed E-state index contributed by atoms with van der Waals surface area (Å²) in [6, 6.07) is 20.6. The highest BCUT2D eigenvalue weighted by molar-refractivity contribution is 5.95. The van der Waals surface area contributed by atoms with Crippen LogP contribution in [0.4, 0.5) is 0 Å². The fourth-order valence-corrected chi connectivity index (χ4v) is 2.83. The van der Waals surface area contributed by atoms with E-state index in [0.717, 1.165) is 11.1 Å².